The molecule has 1 aliphatic carbocycles. The molecule has 4 rings (SSSR count). The van der Waals surface area contributed by atoms with Gasteiger partial charge in [-0.15, -0.1) is 0 Å². The lowest BCUT2D eigenvalue weighted by Gasteiger charge is -2.16. The lowest BCUT2D eigenvalue weighted by atomic mass is 9.98. The van der Waals surface area contributed by atoms with E-state index in [1.54, 1.807) is 31.2 Å². The molecule has 180 valence electrons. The predicted octanol–water partition coefficient (Wildman–Crippen LogP) is 4.36. The van der Waals surface area contributed by atoms with Gasteiger partial charge in [0, 0.05) is 18.0 Å². The van der Waals surface area contributed by atoms with Gasteiger partial charge < -0.3 is 20.5 Å². The maximum atomic E-state index is 12.6. The molecule has 1 atom stereocenters. The van der Waals surface area contributed by atoms with Crippen LogP contribution >= 0.6 is 0 Å². The highest BCUT2D eigenvalue weighted by atomic mass is 16.5. The number of nitrogens with one attached hydrogen (secondary N) is 2. The van der Waals surface area contributed by atoms with E-state index < -0.39 is 24.0 Å². The number of ether oxygens (including phenoxy) is 1. The van der Waals surface area contributed by atoms with Crippen molar-refractivity contribution in [2.24, 2.45) is 0 Å². The number of carboxylic acid groups (broad SMARTS) is 1. The van der Waals surface area contributed by atoms with E-state index in [0.717, 1.165) is 11.1 Å². The number of carbonyl (C=O) groups is 3. The SMILES string of the molecule is CC[C@H](NC(=O)c1ccccc1CCNC(=O)OCC1c2ccccc2-c2ccccc21)C(=O)O. The fraction of sp³-hybridized carbons (Fsp3) is 0.250. The number of alkyl carbamates (subject to hydrolysis) is 1. The van der Waals surface area contributed by atoms with E-state index >= 15 is 0 Å². The number of aliphatic carboxylic acids is 1. The van der Waals surface area contributed by atoms with Crippen molar-refractivity contribution in [1.82, 2.24) is 10.6 Å². The maximum absolute atomic E-state index is 12.6. The summed E-state index contributed by atoms with van der Waals surface area (Å²) < 4.78 is 5.55. The first-order valence-corrected chi connectivity index (χ1v) is 11.7. The molecule has 0 saturated carbocycles. The van der Waals surface area contributed by atoms with Crippen LogP contribution in [0.5, 0.6) is 0 Å². The molecule has 7 heteroatoms. The summed E-state index contributed by atoms with van der Waals surface area (Å²) in [7, 11) is 0. The summed E-state index contributed by atoms with van der Waals surface area (Å²) in [6, 6.07) is 22.3. The lowest BCUT2D eigenvalue weighted by Crippen LogP contribution is -2.40. The van der Waals surface area contributed by atoms with Crippen molar-refractivity contribution in [3.63, 3.8) is 0 Å². The van der Waals surface area contributed by atoms with Crippen LogP contribution in [0.25, 0.3) is 11.1 Å². The van der Waals surface area contributed by atoms with Crippen molar-refractivity contribution < 1.29 is 24.2 Å². The molecular formula is C28H28N2O5. The summed E-state index contributed by atoms with van der Waals surface area (Å²) in [4.78, 5) is 36.3. The average Bonchev–Trinajstić information content (AvgIpc) is 3.19. The number of fused-ring (bicyclic) bond motifs is 3. The highest BCUT2D eigenvalue weighted by molar-refractivity contribution is 5.97. The zero-order chi connectivity index (χ0) is 24.8. The van der Waals surface area contributed by atoms with Crippen molar-refractivity contribution in [2.45, 2.75) is 31.7 Å². The molecule has 0 spiro atoms. The molecule has 2 amide bonds. The third-order valence-corrected chi connectivity index (χ3v) is 6.28. The van der Waals surface area contributed by atoms with E-state index in [2.05, 4.69) is 34.9 Å². The molecule has 0 heterocycles. The Hall–Kier alpha value is -4.13. The van der Waals surface area contributed by atoms with Gasteiger partial charge in [-0.25, -0.2) is 9.59 Å². The van der Waals surface area contributed by atoms with E-state index in [4.69, 9.17) is 4.74 Å². The van der Waals surface area contributed by atoms with E-state index in [-0.39, 0.29) is 25.5 Å². The molecule has 0 radical (unpaired) electrons. The number of benzene rings is 3. The Labute approximate surface area is 204 Å². The zero-order valence-electron chi connectivity index (χ0n) is 19.5. The third kappa shape index (κ3) is 5.35. The van der Waals surface area contributed by atoms with Crippen molar-refractivity contribution in [3.8, 4) is 11.1 Å². The quantitative estimate of drug-likeness (QED) is 0.429. The van der Waals surface area contributed by atoms with Gasteiger partial charge in [-0.05, 0) is 46.7 Å². The summed E-state index contributed by atoms with van der Waals surface area (Å²) in [5, 5.41) is 14.5. The minimum atomic E-state index is -1.07. The Kier molecular flexibility index (Phi) is 7.45. The summed E-state index contributed by atoms with van der Waals surface area (Å²) >= 11 is 0. The van der Waals surface area contributed by atoms with E-state index in [0.29, 0.717) is 17.5 Å². The fourth-order valence-corrected chi connectivity index (χ4v) is 4.48. The van der Waals surface area contributed by atoms with E-state index in [1.165, 1.54) is 11.1 Å². The normalized spacial score (nSPS) is 12.8. The molecule has 0 saturated heterocycles. The first-order chi connectivity index (χ1) is 17.0. The largest absolute Gasteiger partial charge is 0.480 e. The fourth-order valence-electron chi connectivity index (χ4n) is 4.48. The highest BCUT2D eigenvalue weighted by Gasteiger charge is 2.29. The summed E-state index contributed by atoms with van der Waals surface area (Å²) in [5.41, 5.74) is 5.73. The number of amides is 2. The second kappa shape index (κ2) is 10.9. The first-order valence-electron chi connectivity index (χ1n) is 11.7. The number of carbonyl (C=O) groups excluding carboxylic acids is 2. The van der Waals surface area contributed by atoms with Gasteiger partial charge in [0.05, 0.1) is 0 Å². The predicted molar refractivity (Wildman–Crippen MR) is 132 cm³/mol. The Balaban J connectivity index is 1.32. The van der Waals surface area contributed by atoms with Crippen LogP contribution in [-0.4, -0.2) is 42.3 Å². The highest BCUT2D eigenvalue weighted by Crippen LogP contribution is 2.44. The van der Waals surface area contributed by atoms with Crippen LogP contribution in [0.2, 0.25) is 0 Å². The number of rotatable bonds is 9. The molecular weight excluding hydrogens is 444 g/mol. The Morgan fingerprint density at radius 1 is 0.914 bits per heavy atom. The second-order valence-corrected chi connectivity index (χ2v) is 8.43. The van der Waals surface area contributed by atoms with Crippen molar-refractivity contribution in [2.75, 3.05) is 13.2 Å². The zero-order valence-corrected chi connectivity index (χ0v) is 19.5. The van der Waals surface area contributed by atoms with E-state index in [1.807, 2.05) is 24.3 Å². The van der Waals surface area contributed by atoms with Gasteiger partial charge in [-0.3, -0.25) is 4.79 Å². The maximum Gasteiger partial charge on any atom is 0.407 e. The van der Waals surface area contributed by atoms with Gasteiger partial charge in [0.15, 0.2) is 0 Å². The monoisotopic (exact) mass is 472 g/mol. The van der Waals surface area contributed by atoms with Crippen LogP contribution in [0.1, 0.15) is 46.3 Å². The Bertz CT molecular complexity index is 1190. The topological polar surface area (TPSA) is 105 Å². The molecule has 35 heavy (non-hydrogen) atoms. The van der Waals surface area contributed by atoms with E-state index in [9.17, 15) is 19.5 Å². The van der Waals surface area contributed by atoms with Crippen LogP contribution in [-0.2, 0) is 16.0 Å². The number of hydrogen-bond acceptors (Lipinski definition) is 4. The smallest absolute Gasteiger partial charge is 0.407 e. The van der Waals surface area contributed by atoms with Crippen molar-refractivity contribution in [3.05, 3.63) is 95.1 Å². The van der Waals surface area contributed by atoms with Crippen LogP contribution in [0.15, 0.2) is 72.8 Å². The summed E-state index contributed by atoms with van der Waals surface area (Å²) in [6.45, 7) is 2.20. The van der Waals surface area contributed by atoms with Crippen molar-refractivity contribution >= 4 is 18.0 Å². The summed E-state index contributed by atoms with van der Waals surface area (Å²) in [6.07, 6.45) is 0.162. The second-order valence-electron chi connectivity index (χ2n) is 8.43. The van der Waals surface area contributed by atoms with Gasteiger partial charge in [0.2, 0.25) is 0 Å². The minimum Gasteiger partial charge on any atom is -0.480 e. The van der Waals surface area contributed by atoms with Crippen LogP contribution in [0.4, 0.5) is 4.79 Å². The molecule has 7 nitrogen and oxygen atoms in total. The molecule has 0 bridgehead atoms. The summed E-state index contributed by atoms with van der Waals surface area (Å²) in [5.74, 6) is -1.54. The number of hydrogen-bond donors (Lipinski definition) is 3. The minimum absolute atomic E-state index is 0.0154. The standard InChI is InChI=1S/C28H28N2O5/c1-2-25(27(32)33)30-26(31)19-10-4-3-9-18(19)15-16-29-28(34)35-17-24-22-13-7-5-11-20(22)21-12-6-8-14-23(21)24/h3-14,24-25H,2,15-17H2,1H3,(H,29,34)(H,30,31)(H,32,33)/t25-/m0/s1. The lowest BCUT2D eigenvalue weighted by molar-refractivity contribution is -0.139. The van der Waals surface area contributed by atoms with Crippen molar-refractivity contribution in [1.29, 1.82) is 0 Å². The molecule has 3 N–H and O–H groups in total. The van der Waals surface area contributed by atoms with Crippen LogP contribution in [0.3, 0.4) is 0 Å². The van der Waals surface area contributed by atoms with Crippen LogP contribution < -0.4 is 10.6 Å². The molecule has 3 aromatic rings. The molecule has 0 fully saturated rings. The van der Waals surface area contributed by atoms with Gasteiger partial charge in [-0.2, -0.15) is 0 Å². The van der Waals surface area contributed by atoms with Gasteiger partial charge in [-0.1, -0.05) is 73.7 Å². The van der Waals surface area contributed by atoms with Gasteiger partial charge >= 0.3 is 12.1 Å². The average molecular weight is 473 g/mol. The molecule has 0 aromatic heterocycles. The first kappa shape index (κ1) is 24.0. The Morgan fingerprint density at radius 3 is 2.14 bits per heavy atom. The van der Waals surface area contributed by atoms with Crippen LogP contribution in [0, 0.1) is 0 Å². The number of carboxylic acids is 1. The Morgan fingerprint density at radius 2 is 1.51 bits per heavy atom. The molecule has 0 unspecified atom stereocenters. The molecule has 0 aliphatic heterocycles. The molecule has 1 aliphatic rings. The van der Waals surface area contributed by atoms with Gasteiger partial charge in [0.1, 0.15) is 12.6 Å². The molecule has 3 aromatic carbocycles. The third-order valence-electron chi connectivity index (χ3n) is 6.28. The van der Waals surface area contributed by atoms with Gasteiger partial charge in [0.25, 0.3) is 5.91 Å².